The Bertz CT molecular complexity index is 777. The van der Waals surface area contributed by atoms with E-state index in [0.717, 1.165) is 19.1 Å². The predicted octanol–water partition coefficient (Wildman–Crippen LogP) is 2.63. The van der Waals surface area contributed by atoms with E-state index in [-0.39, 0.29) is 17.8 Å². The van der Waals surface area contributed by atoms with Crippen LogP contribution in [-0.2, 0) is 21.6 Å². The van der Waals surface area contributed by atoms with Crippen LogP contribution >= 0.6 is 0 Å². The van der Waals surface area contributed by atoms with Gasteiger partial charge in [0, 0.05) is 17.8 Å². The highest BCUT2D eigenvalue weighted by Gasteiger charge is 2.56. The number of benzene rings is 1. The summed E-state index contributed by atoms with van der Waals surface area (Å²) in [5.41, 5.74) is 7.97. The van der Waals surface area contributed by atoms with Gasteiger partial charge in [-0.3, -0.25) is 0 Å². The first-order chi connectivity index (χ1) is 12.3. The van der Waals surface area contributed by atoms with Crippen LogP contribution in [0, 0.1) is 5.82 Å². The number of hydrogen-bond acceptors (Lipinski definition) is 6. The number of nitrogens with one attached hydrogen (secondary N) is 1. The molecule has 1 heterocycles. The first-order valence-corrected chi connectivity index (χ1v) is 8.18. The number of amidine groups is 1. The average molecular weight is 388 g/mol. The van der Waals surface area contributed by atoms with Crippen molar-refractivity contribution in [2.75, 3.05) is 12.3 Å². The van der Waals surface area contributed by atoms with E-state index < -0.39 is 47.2 Å². The minimum Gasteiger partial charge on any atom is -0.458 e. The number of hydrogen-bond donors (Lipinski definition) is 3. The van der Waals surface area contributed by atoms with Crippen LogP contribution in [-0.4, -0.2) is 30.2 Å². The summed E-state index contributed by atoms with van der Waals surface area (Å²) in [5, 5.41) is 2.15. The van der Waals surface area contributed by atoms with E-state index in [1.165, 1.54) is 0 Å². The molecule has 27 heavy (non-hydrogen) atoms. The lowest BCUT2D eigenvalue weighted by Gasteiger charge is -2.38. The zero-order chi connectivity index (χ0) is 20.6. The van der Waals surface area contributed by atoms with Gasteiger partial charge < -0.3 is 20.9 Å². The number of nitrogens with zero attached hydrogens (tertiary/aromatic N) is 1. The number of nitrogens with two attached hydrogens (primary N) is 2. The van der Waals surface area contributed by atoms with Crippen molar-refractivity contribution in [2.24, 2.45) is 10.7 Å². The van der Waals surface area contributed by atoms with E-state index in [1.54, 1.807) is 20.8 Å². The molecule has 1 atom stereocenters. The Morgan fingerprint density at radius 3 is 2.59 bits per heavy atom. The van der Waals surface area contributed by atoms with E-state index in [0.29, 0.717) is 0 Å². The van der Waals surface area contributed by atoms with E-state index in [4.69, 9.17) is 20.9 Å². The number of ether oxygens (including phenoxy) is 2. The van der Waals surface area contributed by atoms with Crippen LogP contribution in [0.2, 0.25) is 0 Å². The maximum atomic E-state index is 14.6. The van der Waals surface area contributed by atoms with Crippen molar-refractivity contribution < 1.29 is 27.4 Å². The Kier molecular flexibility index (Phi) is 5.33. The summed E-state index contributed by atoms with van der Waals surface area (Å²) in [5.74, 6) is -4.50. The summed E-state index contributed by atoms with van der Waals surface area (Å²) in [6, 6.07) is 1.57. The van der Waals surface area contributed by atoms with E-state index >= 15 is 0 Å². The number of amides is 1. The second kappa shape index (κ2) is 6.91. The maximum Gasteiger partial charge on any atom is 0.415 e. The van der Waals surface area contributed by atoms with Crippen molar-refractivity contribution in [1.29, 1.82) is 0 Å². The lowest BCUT2D eigenvalue weighted by molar-refractivity contribution is -0.118. The Morgan fingerprint density at radius 2 is 2.04 bits per heavy atom. The molecule has 0 aliphatic carbocycles. The number of rotatable bonds is 2. The van der Waals surface area contributed by atoms with Gasteiger partial charge in [0.15, 0.2) is 12.1 Å². The Labute approximate surface area is 154 Å². The highest BCUT2D eigenvalue weighted by atomic mass is 19.3. The third-order valence-corrected chi connectivity index (χ3v) is 4.01. The lowest BCUT2D eigenvalue weighted by atomic mass is 9.84. The number of aliphatic imine (C=N–C) groups is 1. The Balaban J connectivity index is 2.45. The van der Waals surface area contributed by atoms with Gasteiger partial charge in [0.1, 0.15) is 11.4 Å². The Morgan fingerprint density at radius 1 is 1.41 bits per heavy atom. The van der Waals surface area contributed by atoms with Crippen molar-refractivity contribution >= 4 is 17.8 Å². The number of nitrogen functional groups attached to an aromatic ring is 1. The first kappa shape index (κ1) is 20.8. The Hall–Kier alpha value is -2.49. The van der Waals surface area contributed by atoms with Gasteiger partial charge in [-0.25, -0.2) is 19.5 Å². The third-order valence-electron chi connectivity index (χ3n) is 4.01. The molecule has 5 N–H and O–H groups in total. The van der Waals surface area contributed by atoms with Crippen molar-refractivity contribution in [3.8, 4) is 0 Å². The van der Waals surface area contributed by atoms with Crippen LogP contribution in [0.25, 0.3) is 0 Å². The highest BCUT2D eigenvalue weighted by Crippen LogP contribution is 2.45. The molecule has 1 aliphatic heterocycles. The quantitative estimate of drug-likeness (QED) is 0.675. The van der Waals surface area contributed by atoms with Gasteiger partial charge in [0.25, 0.3) is 6.02 Å². The molecule has 0 aromatic heterocycles. The van der Waals surface area contributed by atoms with Crippen LogP contribution < -0.4 is 16.8 Å². The van der Waals surface area contributed by atoms with Crippen molar-refractivity contribution in [2.45, 2.75) is 51.3 Å². The fourth-order valence-corrected chi connectivity index (χ4v) is 2.51. The lowest BCUT2D eigenvalue weighted by Crippen LogP contribution is -2.53. The molecule has 1 amide bonds. The summed E-state index contributed by atoms with van der Waals surface area (Å²) < 4.78 is 53.6. The predicted molar refractivity (Wildman–Crippen MR) is 93.8 cm³/mol. The smallest absolute Gasteiger partial charge is 0.415 e. The van der Waals surface area contributed by atoms with E-state index in [2.05, 4.69) is 10.3 Å². The largest absolute Gasteiger partial charge is 0.458 e. The topological polar surface area (TPSA) is 112 Å². The average Bonchev–Trinajstić information content (AvgIpc) is 2.51. The molecular weight excluding hydrogens is 365 g/mol. The van der Waals surface area contributed by atoms with Crippen molar-refractivity contribution in [1.82, 2.24) is 5.32 Å². The monoisotopic (exact) mass is 388 g/mol. The van der Waals surface area contributed by atoms with Gasteiger partial charge in [-0.1, -0.05) is 0 Å². The maximum absolute atomic E-state index is 14.6. The van der Waals surface area contributed by atoms with Gasteiger partial charge in [-0.05, 0) is 45.4 Å². The molecule has 1 aromatic carbocycles. The number of carbonyl (C=O) groups excluding carboxylic acids is 1. The molecular formula is C17H23F3N4O3. The van der Waals surface area contributed by atoms with Gasteiger partial charge >= 0.3 is 12.0 Å². The van der Waals surface area contributed by atoms with E-state index in [9.17, 15) is 18.0 Å². The molecule has 150 valence electrons. The molecule has 10 heteroatoms. The SMILES string of the molecule is CC(C)(C)OC(=O)NC1=NC(C)(c2cc(N)c(CN)cc2F)C(F)(F)CO1. The van der Waals surface area contributed by atoms with E-state index in [1.807, 2.05) is 0 Å². The normalized spacial score (nSPS) is 21.9. The van der Waals surface area contributed by atoms with Gasteiger partial charge in [0.05, 0.1) is 0 Å². The summed E-state index contributed by atoms with van der Waals surface area (Å²) in [6.07, 6.45) is -0.938. The molecule has 0 spiro atoms. The number of alkyl carbamates (subject to hydrolysis) is 1. The second-order valence-electron chi connectivity index (χ2n) is 7.34. The fraction of sp³-hybridized carbons (Fsp3) is 0.529. The molecule has 1 unspecified atom stereocenters. The van der Waals surface area contributed by atoms with Crippen molar-refractivity contribution in [3.05, 3.63) is 29.1 Å². The minimum absolute atomic E-state index is 0.0476. The number of alkyl halides is 2. The zero-order valence-electron chi connectivity index (χ0n) is 15.5. The second-order valence-corrected chi connectivity index (χ2v) is 7.34. The molecule has 0 saturated heterocycles. The highest BCUT2D eigenvalue weighted by molar-refractivity contribution is 5.91. The number of carbonyl (C=O) groups is 1. The zero-order valence-corrected chi connectivity index (χ0v) is 15.5. The minimum atomic E-state index is -3.57. The van der Waals surface area contributed by atoms with Crippen LogP contribution in [0.5, 0.6) is 0 Å². The van der Waals surface area contributed by atoms with Crippen LogP contribution in [0.1, 0.15) is 38.8 Å². The molecule has 1 aliphatic rings. The molecule has 0 bridgehead atoms. The van der Waals surface area contributed by atoms with Gasteiger partial charge in [-0.15, -0.1) is 0 Å². The molecule has 0 saturated carbocycles. The summed E-state index contributed by atoms with van der Waals surface area (Å²) in [4.78, 5) is 15.6. The van der Waals surface area contributed by atoms with Crippen LogP contribution in [0.15, 0.2) is 17.1 Å². The third kappa shape index (κ3) is 4.26. The van der Waals surface area contributed by atoms with Crippen molar-refractivity contribution in [3.63, 3.8) is 0 Å². The standard InChI is InChI=1S/C17H23F3N4O3/c1-15(2,3)27-14(25)23-13-24-16(4,17(19,20)8-26-13)10-6-12(22)9(7-21)5-11(10)18/h5-6H,7-8,21-22H2,1-4H3,(H,23,24,25). The summed E-state index contributed by atoms with van der Waals surface area (Å²) >= 11 is 0. The van der Waals surface area contributed by atoms with Crippen LogP contribution in [0.3, 0.4) is 0 Å². The molecule has 0 fully saturated rings. The molecule has 7 nitrogen and oxygen atoms in total. The number of anilines is 1. The summed E-state index contributed by atoms with van der Waals surface area (Å²) in [7, 11) is 0. The first-order valence-electron chi connectivity index (χ1n) is 8.18. The van der Waals surface area contributed by atoms with Crippen LogP contribution in [0.4, 0.5) is 23.7 Å². The van der Waals surface area contributed by atoms with Gasteiger partial charge in [0.2, 0.25) is 0 Å². The fourth-order valence-electron chi connectivity index (χ4n) is 2.51. The van der Waals surface area contributed by atoms with Gasteiger partial charge in [-0.2, -0.15) is 8.78 Å². The number of halogens is 3. The molecule has 0 radical (unpaired) electrons. The summed E-state index contributed by atoms with van der Waals surface area (Å²) in [6.45, 7) is 4.76. The molecule has 2 rings (SSSR count). The molecule has 1 aromatic rings.